The van der Waals surface area contributed by atoms with Gasteiger partial charge in [0.05, 0.1) is 19.8 Å². The summed E-state index contributed by atoms with van der Waals surface area (Å²) in [7, 11) is 1.56. The third-order valence-corrected chi connectivity index (χ3v) is 7.85. The van der Waals surface area contributed by atoms with Crippen LogP contribution >= 0.6 is 45.2 Å². The Balaban J connectivity index is 1.71. The molecule has 3 aromatic carbocycles. The molecule has 1 atom stereocenters. The molecule has 1 unspecified atom stereocenters. The molecule has 0 aliphatic heterocycles. The number of furan rings is 1. The summed E-state index contributed by atoms with van der Waals surface area (Å²) in [6, 6.07) is 15.4. The van der Waals surface area contributed by atoms with E-state index in [0.717, 1.165) is 0 Å². The zero-order valence-electron chi connectivity index (χ0n) is 22.2. The maximum absolute atomic E-state index is 14.0. The van der Waals surface area contributed by atoms with E-state index in [-0.39, 0.29) is 17.6 Å². The number of rotatable bonds is 10. The fourth-order valence-corrected chi connectivity index (χ4v) is 6.20. The lowest BCUT2D eigenvalue weighted by atomic mass is 9.96. The third kappa shape index (κ3) is 6.27. The van der Waals surface area contributed by atoms with Crippen LogP contribution in [0, 0.1) is 7.14 Å². The van der Waals surface area contributed by atoms with Crippen LogP contribution in [0.1, 0.15) is 65.1 Å². The number of carboxylic acid groups (broad SMARTS) is 1. The molecule has 1 aromatic heterocycles. The number of halogens is 2. The van der Waals surface area contributed by atoms with E-state index in [0.29, 0.717) is 64.2 Å². The topological polar surface area (TPSA) is 115 Å². The molecule has 1 amide bonds. The molecule has 0 spiro atoms. The highest BCUT2D eigenvalue weighted by Crippen LogP contribution is 2.36. The van der Waals surface area contributed by atoms with Crippen LogP contribution in [-0.2, 0) is 4.79 Å². The van der Waals surface area contributed by atoms with Gasteiger partial charge in [0.1, 0.15) is 22.8 Å². The number of fused-ring (bicyclic) bond motifs is 1. The first-order chi connectivity index (χ1) is 19.0. The molecule has 0 saturated heterocycles. The first-order valence-electron chi connectivity index (χ1n) is 12.5. The van der Waals surface area contributed by atoms with Crippen molar-refractivity contribution >= 4 is 79.5 Å². The molecule has 8 nitrogen and oxygen atoms in total. The van der Waals surface area contributed by atoms with Gasteiger partial charge in [0.2, 0.25) is 0 Å². The van der Waals surface area contributed by atoms with Gasteiger partial charge in [-0.15, -0.1) is 0 Å². The largest absolute Gasteiger partial charge is 0.497 e. The van der Waals surface area contributed by atoms with Gasteiger partial charge in [-0.25, -0.2) is 4.79 Å². The Morgan fingerprint density at radius 1 is 0.975 bits per heavy atom. The van der Waals surface area contributed by atoms with Crippen molar-refractivity contribution < 1.29 is 33.4 Å². The summed E-state index contributed by atoms with van der Waals surface area (Å²) in [5.41, 5.74) is 2.35. The number of ether oxygens (including phenoxy) is 2. The zero-order chi connectivity index (χ0) is 29.1. The van der Waals surface area contributed by atoms with Gasteiger partial charge in [-0.1, -0.05) is 20.8 Å². The molecule has 2 N–H and O–H groups in total. The molecule has 0 aliphatic carbocycles. The summed E-state index contributed by atoms with van der Waals surface area (Å²) >= 11 is 4.10. The molecule has 10 heteroatoms. The Morgan fingerprint density at radius 3 is 2.17 bits per heavy atom. The fourth-order valence-electron chi connectivity index (χ4n) is 4.18. The molecule has 0 bridgehead atoms. The standard InChI is InChI=1S/C30H27I2NO7/c1-5-23(30(36)37)39-28-21(31)12-17(13-22(28)32)26(34)25-20-14-18(8-11-24(20)40-27(25)15(2)3)33-29(35)16-6-9-19(38-4)10-7-16/h6-15,23H,5H2,1-4H3,(H,33,35)(H,36,37). The number of carbonyl (C=O) groups is 3. The summed E-state index contributed by atoms with van der Waals surface area (Å²) in [5, 5.41) is 12.9. The maximum Gasteiger partial charge on any atom is 0.344 e. The first-order valence-corrected chi connectivity index (χ1v) is 14.6. The number of aliphatic carboxylic acids is 1. The van der Waals surface area contributed by atoms with Gasteiger partial charge in [0.25, 0.3) is 5.91 Å². The van der Waals surface area contributed by atoms with Crippen molar-refractivity contribution in [1.82, 2.24) is 0 Å². The molecule has 0 radical (unpaired) electrons. The van der Waals surface area contributed by atoms with E-state index in [2.05, 4.69) is 50.5 Å². The molecule has 1 heterocycles. The number of carbonyl (C=O) groups excluding carboxylic acids is 2. The Kier molecular flexibility index (Phi) is 9.39. The molecule has 0 fully saturated rings. The number of anilines is 1. The number of ketones is 1. The molecule has 0 saturated carbocycles. The number of hydrogen-bond donors (Lipinski definition) is 2. The second kappa shape index (κ2) is 12.6. The Morgan fingerprint density at radius 2 is 1.62 bits per heavy atom. The summed E-state index contributed by atoms with van der Waals surface area (Å²) in [5.74, 6) is -0.0437. The van der Waals surface area contributed by atoms with Crippen LogP contribution in [0.5, 0.6) is 11.5 Å². The van der Waals surface area contributed by atoms with Gasteiger partial charge in [-0.2, -0.15) is 0 Å². The smallest absolute Gasteiger partial charge is 0.344 e. The fraction of sp³-hybridized carbons (Fsp3) is 0.233. The minimum Gasteiger partial charge on any atom is -0.497 e. The predicted octanol–water partition coefficient (Wildman–Crippen LogP) is 7.50. The highest BCUT2D eigenvalue weighted by Gasteiger charge is 2.27. The van der Waals surface area contributed by atoms with E-state index in [4.69, 9.17) is 13.9 Å². The van der Waals surface area contributed by atoms with E-state index in [1.165, 1.54) is 0 Å². The quantitative estimate of drug-likeness (QED) is 0.127. The number of amides is 1. The number of carboxylic acids is 1. The molecule has 0 aliphatic rings. The van der Waals surface area contributed by atoms with Crippen molar-refractivity contribution in [2.24, 2.45) is 0 Å². The highest BCUT2D eigenvalue weighted by atomic mass is 127. The van der Waals surface area contributed by atoms with E-state index < -0.39 is 12.1 Å². The van der Waals surface area contributed by atoms with Crippen molar-refractivity contribution in [3.63, 3.8) is 0 Å². The normalized spacial score (nSPS) is 11.9. The number of nitrogens with one attached hydrogen (secondary N) is 1. The van der Waals surface area contributed by atoms with Crippen LogP contribution in [0.25, 0.3) is 11.0 Å². The lowest BCUT2D eigenvalue weighted by molar-refractivity contribution is -0.145. The Bertz CT molecular complexity index is 1570. The highest BCUT2D eigenvalue weighted by molar-refractivity contribution is 14.1. The maximum atomic E-state index is 14.0. The van der Waals surface area contributed by atoms with Crippen LogP contribution in [0.3, 0.4) is 0 Å². The van der Waals surface area contributed by atoms with Crippen molar-refractivity contribution in [1.29, 1.82) is 0 Å². The van der Waals surface area contributed by atoms with Crippen LogP contribution in [0.4, 0.5) is 5.69 Å². The SMILES string of the molecule is CCC(Oc1c(I)cc(C(=O)c2c(C(C)C)oc3ccc(NC(=O)c4ccc(OC)cc4)cc23)cc1I)C(=O)O. The number of methoxy groups -OCH3 is 1. The summed E-state index contributed by atoms with van der Waals surface area (Å²) in [6.45, 7) is 5.63. The second-order valence-electron chi connectivity index (χ2n) is 9.34. The molecule has 40 heavy (non-hydrogen) atoms. The average Bonchev–Trinajstić information content (AvgIpc) is 3.31. The minimum atomic E-state index is -1.05. The van der Waals surface area contributed by atoms with Crippen LogP contribution in [0.2, 0.25) is 0 Å². The second-order valence-corrected chi connectivity index (χ2v) is 11.7. The number of benzene rings is 3. The van der Waals surface area contributed by atoms with Gasteiger partial charge in [-0.3, -0.25) is 9.59 Å². The van der Waals surface area contributed by atoms with Gasteiger partial charge in [-0.05, 0) is 106 Å². The van der Waals surface area contributed by atoms with E-state index in [9.17, 15) is 19.5 Å². The minimum absolute atomic E-state index is 0.0784. The third-order valence-electron chi connectivity index (χ3n) is 6.24. The van der Waals surface area contributed by atoms with Crippen molar-refractivity contribution in [3.8, 4) is 11.5 Å². The monoisotopic (exact) mass is 767 g/mol. The molecule has 208 valence electrons. The Hall–Kier alpha value is -3.13. The molecular weight excluding hydrogens is 740 g/mol. The zero-order valence-corrected chi connectivity index (χ0v) is 26.5. The molecule has 4 rings (SSSR count). The Labute approximate surface area is 258 Å². The lowest BCUT2D eigenvalue weighted by Gasteiger charge is -2.17. The lowest BCUT2D eigenvalue weighted by Crippen LogP contribution is -2.26. The van der Waals surface area contributed by atoms with Crippen molar-refractivity contribution in [2.75, 3.05) is 12.4 Å². The van der Waals surface area contributed by atoms with Crippen LogP contribution in [0.15, 0.2) is 59.0 Å². The van der Waals surface area contributed by atoms with Crippen molar-refractivity contribution in [3.05, 3.63) is 84.2 Å². The van der Waals surface area contributed by atoms with Gasteiger partial charge >= 0.3 is 5.97 Å². The van der Waals surface area contributed by atoms with Gasteiger partial charge in [0, 0.05) is 28.1 Å². The number of hydrogen-bond acceptors (Lipinski definition) is 6. The molecular formula is C30H27I2NO7. The average molecular weight is 767 g/mol. The van der Waals surface area contributed by atoms with E-state index in [1.807, 2.05) is 13.8 Å². The predicted molar refractivity (Wildman–Crippen MR) is 169 cm³/mol. The van der Waals surface area contributed by atoms with Crippen LogP contribution < -0.4 is 14.8 Å². The summed E-state index contributed by atoms with van der Waals surface area (Å²) < 4.78 is 18.3. The van der Waals surface area contributed by atoms with E-state index >= 15 is 0 Å². The summed E-state index contributed by atoms with van der Waals surface area (Å²) in [6.07, 6.45) is -0.682. The molecule has 4 aromatic rings. The van der Waals surface area contributed by atoms with E-state index in [1.54, 1.807) is 68.6 Å². The summed E-state index contributed by atoms with van der Waals surface area (Å²) in [4.78, 5) is 38.3. The first kappa shape index (κ1) is 29.8. The van der Waals surface area contributed by atoms with Crippen LogP contribution in [-0.4, -0.2) is 36.0 Å². The van der Waals surface area contributed by atoms with Gasteiger partial charge < -0.3 is 24.3 Å². The van der Waals surface area contributed by atoms with Gasteiger partial charge in [0.15, 0.2) is 11.9 Å². The van der Waals surface area contributed by atoms with Crippen molar-refractivity contribution in [2.45, 2.75) is 39.2 Å².